The molecular formula is C16H16BrCl2NO. The second-order valence-corrected chi connectivity index (χ2v) is 6.43. The van der Waals surface area contributed by atoms with Crippen LogP contribution in [0.2, 0.25) is 10.0 Å². The first kappa shape index (κ1) is 16.6. The Balaban J connectivity index is 2.34. The molecule has 2 nitrogen and oxygen atoms in total. The molecule has 0 aliphatic heterocycles. The Morgan fingerprint density at radius 2 is 1.95 bits per heavy atom. The van der Waals surface area contributed by atoms with Gasteiger partial charge in [0.2, 0.25) is 0 Å². The number of hydrogen-bond acceptors (Lipinski definition) is 2. The fourth-order valence-electron chi connectivity index (χ4n) is 2.25. The number of likely N-dealkylation sites (N-methyl/N-ethyl adjacent to an activating group) is 1. The normalized spacial score (nSPS) is 12.2. The number of rotatable bonds is 5. The van der Waals surface area contributed by atoms with E-state index in [1.165, 1.54) is 0 Å². The van der Waals surface area contributed by atoms with Crippen LogP contribution >= 0.6 is 39.1 Å². The van der Waals surface area contributed by atoms with E-state index < -0.39 is 0 Å². The smallest absolute Gasteiger partial charge is 0.123 e. The molecule has 1 atom stereocenters. The van der Waals surface area contributed by atoms with Crippen molar-refractivity contribution in [2.45, 2.75) is 12.5 Å². The van der Waals surface area contributed by atoms with Crippen molar-refractivity contribution in [1.82, 2.24) is 5.32 Å². The molecule has 0 saturated heterocycles. The number of methoxy groups -OCH3 is 1. The Kier molecular flexibility index (Phi) is 5.94. The molecule has 0 aliphatic carbocycles. The summed E-state index contributed by atoms with van der Waals surface area (Å²) in [5.41, 5.74) is 2.09. The molecule has 0 fully saturated rings. The molecule has 0 aromatic heterocycles. The summed E-state index contributed by atoms with van der Waals surface area (Å²) in [5.74, 6) is 0.812. The van der Waals surface area contributed by atoms with E-state index in [1.54, 1.807) is 7.11 Å². The second kappa shape index (κ2) is 7.50. The zero-order chi connectivity index (χ0) is 15.4. The summed E-state index contributed by atoms with van der Waals surface area (Å²) in [5, 5.41) is 4.73. The van der Waals surface area contributed by atoms with Gasteiger partial charge in [-0.05, 0) is 49.4 Å². The van der Waals surface area contributed by atoms with Gasteiger partial charge in [0.25, 0.3) is 0 Å². The van der Waals surface area contributed by atoms with Gasteiger partial charge in [-0.1, -0.05) is 45.2 Å². The number of ether oxygens (including phenoxy) is 1. The summed E-state index contributed by atoms with van der Waals surface area (Å²) in [6.07, 6.45) is 0.749. The van der Waals surface area contributed by atoms with Gasteiger partial charge in [0.15, 0.2) is 0 Å². The zero-order valence-corrected chi connectivity index (χ0v) is 14.9. The van der Waals surface area contributed by atoms with Crippen molar-refractivity contribution >= 4 is 39.1 Å². The van der Waals surface area contributed by atoms with E-state index in [2.05, 4.69) is 21.2 Å². The van der Waals surface area contributed by atoms with E-state index in [0.29, 0.717) is 5.02 Å². The molecule has 0 radical (unpaired) electrons. The fraction of sp³-hybridized carbons (Fsp3) is 0.250. The van der Waals surface area contributed by atoms with Gasteiger partial charge < -0.3 is 10.1 Å². The van der Waals surface area contributed by atoms with Crippen molar-refractivity contribution in [2.24, 2.45) is 0 Å². The lowest BCUT2D eigenvalue weighted by Gasteiger charge is -2.20. The van der Waals surface area contributed by atoms with Gasteiger partial charge in [-0.15, -0.1) is 0 Å². The maximum absolute atomic E-state index is 6.31. The van der Waals surface area contributed by atoms with Crippen LogP contribution in [0.15, 0.2) is 40.9 Å². The second-order valence-electron chi connectivity index (χ2n) is 4.67. The molecule has 0 aliphatic rings. The Morgan fingerprint density at radius 1 is 1.19 bits per heavy atom. The maximum Gasteiger partial charge on any atom is 0.123 e. The van der Waals surface area contributed by atoms with Crippen LogP contribution in [-0.4, -0.2) is 14.2 Å². The predicted molar refractivity (Wildman–Crippen MR) is 92.7 cm³/mol. The largest absolute Gasteiger partial charge is 0.496 e. The van der Waals surface area contributed by atoms with Gasteiger partial charge in [0.1, 0.15) is 5.75 Å². The molecule has 0 bridgehead atoms. The number of benzene rings is 2. The van der Waals surface area contributed by atoms with Gasteiger partial charge in [-0.25, -0.2) is 0 Å². The van der Waals surface area contributed by atoms with Crippen molar-refractivity contribution in [3.05, 3.63) is 62.0 Å². The Labute approximate surface area is 143 Å². The highest BCUT2D eigenvalue weighted by atomic mass is 79.9. The molecule has 0 heterocycles. The lowest BCUT2D eigenvalue weighted by atomic mass is 9.98. The van der Waals surface area contributed by atoms with Crippen molar-refractivity contribution in [1.29, 1.82) is 0 Å². The molecule has 5 heteroatoms. The van der Waals surface area contributed by atoms with Crippen molar-refractivity contribution in [3.8, 4) is 5.75 Å². The Hall–Kier alpha value is -0.740. The van der Waals surface area contributed by atoms with Crippen molar-refractivity contribution in [3.63, 3.8) is 0 Å². The van der Waals surface area contributed by atoms with Crippen LogP contribution < -0.4 is 10.1 Å². The fourth-order valence-corrected chi connectivity index (χ4v) is 3.18. The standard InChI is InChI=1S/C16H16BrCl2NO/c1-20-15(7-10-3-4-11(17)8-14(10)19)13-9-12(18)5-6-16(13)21-2/h3-6,8-9,15,20H,7H2,1-2H3. The third-order valence-electron chi connectivity index (χ3n) is 3.35. The highest BCUT2D eigenvalue weighted by molar-refractivity contribution is 9.10. The van der Waals surface area contributed by atoms with E-state index in [4.69, 9.17) is 27.9 Å². The highest BCUT2D eigenvalue weighted by Crippen LogP contribution is 2.32. The summed E-state index contributed by atoms with van der Waals surface area (Å²) in [6, 6.07) is 11.6. The van der Waals surface area contributed by atoms with Crippen LogP contribution in [0.5, 0.6) is 5.75 Å². The van der Waals surface area contributed by atoms with E-state index in [-0.39, 0.29) is 6.04 Å². The minimum atomic E-state index is 0.0670. The molecule has 2 aromatic rings. The van der Waals surface area contributed by atoms with Crippen LogP contribution in [0.3, 0.4) is 0 Å². The zero-order valence-electron chi connectivity index (χ0n) is 11.8. The molecule has 21 heavy (non-hydrogen) atoms. The molecule has 0 spiro atoms. The van der Waals surface area contributed by atoms with Crippen LogP contribution in [0, 0.1) is 0 Å². The third kappa shape index (κ3) is 4.13. The van der Waals surface area contributed by atoms with Gasteiger partial charge >= 0.3 is 0 Å². The first-order chi connectivity index (χ1) is 10.0. The Bertz CT molecular complexity index is 634. The average molecular weight is 389 g/mol. The molecule has 0 saturated carbocycles. The minimum absolute atomic E-state index is 0.0670. The van der Waals surface area contributed by atoms with E-state index >= 15 is 0 Å². The SMILES string of the molecule is CNC(Cc1ccc(Br)cc1Cl)c1cc(Cl)ccc1OC. The average Bonchev–Trinajstić information content (AvgIpc) is 2.46. The third-order valence-corrected chi connectivity index (χ3v) is 4.43. The van der Waals surface area contributed by atoms with Crippen LogP contribution in [0.1, 0.15) is 17.2 Å². The van der Waals surface area contributed by atoms with Gasteiger partial charge in [0.05, 0.1) is 7.11 Å². The summed E-state index contributed by atoms with van der Waals surface area (Å²) >= 11 is 15.8. The van der Waals surface area contributed by atoms with E-state index in [1.807, 2.05) is 43.4 Å². The van der Waals surface area contributed by atoms with Crippen molar-refractivity contribution in [2.75, 3.05) is 14.2 Å². The maximum atomic E-state index is 6.31. The minimum Gasteiger partial charge on any atom is -0.496 e. The number of halogens is 3. The van der Waals surface area contributed by atoms with Crippen LogP contribution in [-0.2, 0) is 6.42 Å². The molecule has 1 N–H and O–H groups in total. The first-order valence-corrected chi connectivity index (χ1v) is 8.04. The lowest BCUT2D eigenvalue weighted by Crippen LogP contribution is -2.19. The summed E-state index contributed by atoms with van der Waals surface area (Å²) in [6.45, 7) is 0. The van der Waals surface area contributed by atoms with Gasteiger partial charge in [-0.2, -0.15) is 0 Å². The summed E-state index contributed by atoms with van der Waals surface area (Å²) in [4.78, 5) is 0. The number of nitrogens with one attached hydrogen (secondary N) is 1. The highest BCUT2D eigenvalue weighted by Gasteiger charge is 2.17. The summed E-state index contributed by atoms with van der Waals surface area (Å²) in [7, 11) is 3.57. The Morgan fingerprint density at radius 3 is 2.57 bits per heavy atom. The van der Waals surface area contributed by atoms with Crippen LogP contribution in [0.4, 0.5) is 0 Å². The van der Waals surface area contributed by atoms with Crippen LogP contribution in [0.25, 0.3) is 0 Å². The topological polar surface area (TPSA) is 21.3 Å². The number of hydrogen-bond donors (Lipinski definition) is 1. The van der Waals surface area contributed by atoms with Gasteiger partial charge in [-0.3, -0.25) is 0 Å². The monoisotopic (exact) mass is 387 g/mol. The van der Waals surface area contributed by atoms with E-state index in [0.717, 1.165) is 32.8 Å². The predicted octanol–water partition coefficient (Wildman–Crippen LogP) is 5.27. The summed E-state index contributed by atoms with van der Waals surface area (Å²) < 4.78 is 6.40. The molecule has 1 unspecified atom stereocenters. The van der Waals surface area contributed by atoms with Gasteiger partial charge in [0, 0.05) is 26.1 Å². The molecule has 0 amide bonds. The lowest BCUT2D eigenvalue weighted by molar-refractivity contribution is 0.401. The molecule has 112 valence electrons. The molecule has 2 aromatic carbocycles. The molecule has 2 rings (SSSR count). The van der Waals surface area contributed by atoms with E-state index in [9.17, 15) is 0 Å². The first-order valence-electron chi connectivity index (χ1n) is 6.49. The molecular weight excluding hydrogens is 373 g/mol. The quantitative estimate of drug-likeness (QED) is 0.753. The van der Waals surface area contributed by atoms with Crippen molar-refractivity contribution < 1.29 is 4.74 Å².